The Bertz CT molecular complexity index is 2300. The lowest BCUT2D eigenvalue weighted by molar-refractivity contribution is -0.000511. The first kappa shape index (κ1) is 34.5. The number of aryl methyl sites for hydroxylation is 1. The molecule has 0 aliphatic carbocycles. The number of carbonyl (C=O) groups excluding carboxylic acids is 3. The number of amides is 2. The number of terminal acetylenes is 1. The van der Waals surface area contributed by atoms with Gasteiger partial charge in [-0.1, -0.05) is 30.2 Å². The molecule has 2 aromatic heterocycles. The number of hydrogen-bond acceptors (Lipinski definition) is 7. The topological polar surface area (TPSA) is 91.8 Å². The highest BCUT2D eigenvalue weighted by molar-refractivity contribution is 7.17. The van der Waals surface area contributed by atoms with Gasteiger partial charge in [0, 0.05) is 83.7 Å². The summed E-state index contributed by atoms with van der Waals surface area (Å²) in [6.07, 6.45) is 9.81. The Balaban J connectivity index is 0.978. The Morgan fingerprint density at radius 1 is 1.02 bits per heavy atom. The number of ether oxygens (including phenoxy) is 1. The third-order valence-electron chi connectivity index (χ3n) is 10.5. The summed E-state index contributed by atoms with van der Waals surface area (Å²) >= 11 is 1.35. The number of rotatable bonds is 7. The Hall–Kier alpha value is -5.63. The zero-order valence-corrected chi connectivity index (χ0v) is 30.1. The van der Waals surface area contributed by atoms with Crippen molar-refractivity contribution < 1.29 is 23.5 Å². The van der Waals surface area contributed by atoms with E-state index in [1.165, 1.54) is 23.5 Å². The van der Waals surface area contributed by atoms with Crippen molar-refractivity contribution in [2.24, 2.45) is 5.41 Å². The Labute approximate surface area is 311 Å². The van der Waals surface area contributed by atoms with Crippen molar-refractivity contribution in [1.29, 1.82) is 0 Å². The van der Waals surface area contributed by atoms with Crippen molar-refractivity contribution in [2.45, 2.75) is 32.6 Å². The van der Waals surface area contributed by atoms with Crippen LogP contribution in [0.5, 0.6) is 0 Å². The van der Waals surface area contributed by atoms with Gasteiger partial charge in [0.25, 0.3) is 11.8 Å². The molecule has 3 aromatic carbocycles. The lowest BCUT2D eigenvalue weighted by Crippen LogP contribution is -2.59. The van der Waals surface area contributed by atoms with Gasteiger partial charge in [-0.3, -0.25) is 14.4 Å². The monoisotopic (exact) mass is 724 g/mol. The highest BCUT2D eigenvalue weighted by atomic mass is 32.1. The summed E-state index contributed by atoms with van der Waals surface area (Å²) in [5, 5.41) is 3.01. The van der Waals surface area contributed by atoms with Gasteiger partial charge >= 0.3 is 0 Å². The van der Waals surface area contributed by atoms with Crippen molar-refractivity contribution in [3.8, 4) is 22.8 Å². The van der Waals surface area contributed by atoms with Crippen molar-refractivity contribution in [2.75, 3.05) is 48.0 Å². The van der Waals surface area contributed by atoms with Gasteiger partial charge in [-0.15, -0.1) is 17.8 Å². The molecule has 0 bridgehead atoms. The van der Waals surface area contributed by atoms with E-state index in [4.69, 9.17) is 11.2 Å². The number of ketones is 1. The number of fused-ring (bicyclic) bond motifs is 3. The van der Waals surface area contributed by atoms with Crippen LogP contribution in [0, 0.1) is 30.5 Å². The summed E-state index contributed by atoms with van der Waals surface area (Å²) in [6, 6.07) is 22.8. The van der Waals surface area contributed by atoms with Crippen LogP contribution in [0.25, 0.3) is 10.4 Å². The molecular weight excluding hydrogens is 688 g/mol. The van der Waals surface area contributed by atoms with Crippen LogP contribution in [-0.2, 0) is 17.6 Å². The number of nitrogens with zero attached hydrogens (tertiary/aromatic N) is 3. The molecule has 0 atom stereocenters. The molecule has 0 radical (unpaired) electrons. The van der Waals surface area contributed by atoms with Gasteiger partial charge in [0.15, 0.2) is 5.78 Å². The highest BCUT2D eigenvalue weighted by Crippen LogP contribution is 2.44. The summed E-state index contributed by atoms with van der Waals surface area (Å²) in [6.45, 7) is 5.59. The Kier molecular flexibility index (Phi) is 9.15. The molecule has 5 heterocycles. The minimum atomic E-state index is -0.495. The zero-order valence-electron chi connectivity index (χ0n) is 29.3. The lowest BCUT2D eigenvalue weighted by atomic mass is 9.73. The molecular formula is C43H37FN4O4S. The van der Waals surface area contributed by atoms with E-state index >= 15 is 0 Å². The number of carbonyl (C=O) groups is 3. The van der Waals surface area contributed by atoms with Gasteiger partial charge in [-0.05, 0) is 91.9 Å². The molecule has 1 N–H and O–H groups in total. The van der Waals surface area contributed by atoms with Crippen LogP contribution in [0.3, 0.4) is 0 Å². The van der Waals surface area contributed by atoms with Gasteiger partial charge in [0.05, 0.1) is 16.1 Å². The van der Waals surface area contributed by atoms with E-state index in [9.17, 15) is 18.8 Å². The van der Waals surface area contributed by atoms with Crippen molar-refractivity contribution >= 4 is 46.1 Å². The third-order valence-corrected chi connectivity index (χ3v) is 11.8. The quantitative estimate of drug-likeness (QED) is 0.137. The van der Waals surface area contributed by atoms with Crippen LogP contribution in [0.2, 0.25) is 0 Å². The molecule has 2 saturated heterocycles. The van der Waals surface area contributed by atoms with Crippen molar-refractivity contribution in [3.05, 3.63) is 129 Å². The molecule has 0 saturated carbocycles. The molecule has 8 nitrogen and oxygen atoms in total. The van der Waals surface area contributed by atoms with Crippen molar-refractivity contribution in [3.63, 3.8) is 0 Å². The summed E-state index contributed by atoms with van der Waals surface area (Å²) in [4.78, 5) is 51.1. The number of benzene rings is 3. The van der Waals surface area contributed by atoms with E-state index in [0.717, 1.165) is 66.4 Å². The zero-order chi connectivity index (χ0) is 36.7. The second-order valence-corrected chi connectivity index (χ2v) is 15.1. The van der Waals surface area contributed by atoms with Crippen molar-refractivity contribution in [1.82, 2.24) is 4.98 Å². The number of para-hydroxylation sites is 1. The van der Waals surface area contributed by atoms with Gasteiger partial charge in [-0.25, -0.2) is 9.37 Å². The number of thiophene rings is 1. The first-order valence-corrected chi connectivity index (χ1v) is 18.6. The van der Waals surface area contributed by atoms with Crippen LogP contribution in [-0.4, -0.2) is 55.4 Å². The van der Waals surface area contributed by atoms with Crippen LogP contribution in [0.1, 0.15) is 65.5 Å². The average molecular weight is 725 g/mol. The SMILES string of the molecule is C#Cc1cccc(F)c1CC(=O)c1cc2c(s1)-c1ccccc1N(C(=O)c1ccc(NC(=O)c3cc(C)cnc3N3CC4(CCOCC4)C3)cc1)CC2. The predicted molar refractivity (Wildman–Crippen MR) is 206 cm³/mol. The molecule has 1 spiro atoms. The number of nitrogens with one attached hydrogen (secondary N) is 1. The van der Waals surface area contributed by atoms with Crippen LogP contribution in [0.15, 0.2) is 85.1 Å². The average Bonchev–Trinajstić information content (AvgIpc) is 3.53. The normalized spacial score (nSPS) is 15.8. The number of halogens is 1. The summed E-state index contributed by atoms with van der Waals surface area (Å²) in [5.41, 5.74) is 5.85. The van der Waals surface area contributed by atoms with E-state index < -0.39 is 5.82 Å². The van der Waals surface area contributed by atoms with Gasteiger partial charge in [0.2, 0.25) is 0 Å². The van der Waals surface area contributed by atoms with Crippen LogP contribution in [0.4, 0.5) is 21.6 Å². The number of pyridine rings is 1. The first-order valence-electron chi connectivity index (χ1n) is 17.7. The summed E-state index contributed by atoms with van der Waals surface area (Å²) in [7, 11) is 0. The highest BCUT2D eigenvalue weighted by Gasteiger charge is 2.45. The summed E-state index contributed by atoms with van der Waals surface area (Å²) in [5.74, 6) is 2.04. The van der Waals surface area contributed by atoms with Crippen LogP contribution < -0.4 is 15.1 Å². The molecule has 3 aliphatic heterocycles. The molecule has 0 unspecified atom stereocenters. The number of Topliss-reactive ketones (excluding diaryl/α,β-unsaturated/α-hetero) is 1. The van der Waals surface area contributed by atoms with Gasteiger partial charge < -0.3 is 19.9 Å². The molecule has 266 valence electrons. The maximum atomic E-state index is 14.6. The molecule has 3 aliphatic rings. The minimum absolute atomic E-state index is 0.132. The maximum absolute atomic E-state index is 14.6. The molecule has 2 amide bonds. The van der Waals surface area contributed by atoms with Gasteiger partial charge in [0.1, 0.15) is 11.6 Å². The summed E-state index contributed by atoms with van der Waals surface area (Å²) < 4.78 is 20.2. The molecule has 2 fully saturated rings. The van der Waals surface area contributed by atoms with E-state index in [0.29, 0.717) is 46.0 Å². The fourth-order valence-electron chi connectivity index (χ4n) is 7.63. The number of anilines is 3. The van der Waals surface area contributed by atoms with E-state index in [1.807, 2.05) is 43.3 Å². The van der Waals surface area contributed by atoms with Crippen LogP contribution >= 0.6 is 11.3 Å². The smallest absolute Gasteiger partial charge is 0.259 e. The molecule has 10 heteroatoms. The Morgan fingerprint density at radius 3 is 2.57 bits per heavy atom. The van der Waals surface area contributed by atoms with E-state index in [1.54, 1.807) is 41.4 Å². The maximum Gasteiger partial charge on any atom is 0.259 e. The van der Waals surface area contributed by atoms with E-state index in [2.05, 4.69) is 21.1 Å². The predicted octanol–water partition coefficient (Wildman–Crippen LogP) is 7.74. The Morgan fingerprint density at radius 2 is 1.79 bits per heavy atom. The largest absolute Gasteiger partial charge is 0.381 e. The van der Waals surface area contributed by atoms with E-state index in [-0.39, 0.29) is 35.0 Å². The molecule has 53 heavy (non-hydrogen) atoms. The second kappa shape index (κ2) is 14.1. The third kappa shape index (κ3) is 6.63. The second-order valence-electron chi connectivity index (χ2n) is 14.1. The lowest BCUT2D eigenvalue weighted by Gasteiger charge is -2.53. The minimum Gasteiger partial charge on any atom is -0.381 e. The van der Waals surface area contributed by atoms with Gasteiger partial charge in [-0.2, -0.15) is 0 Å². The number of hydrogen-bond donors (Lipinski definition) is 1. The number of aromatic nitrogens is 1. The fraction of sp³-hybridized carbons (Fsp3) is 0.256. The standard InChI is InChI=1S/C43H37FN4O4S/c1-3-28-7-6-9-35(44)33(28)23-37(49)38-22-30-15-18-48(36-10-5-4-8-32(36)39(30)53-38)42(51)29-11-13-31(14-12-29)46-41(50)34-21-27(2)24-45-40(34)47-25-43(26-47)16-19-52-20-17-43/h1,4-14,21-22,24H,15-20,23,25-26H2,2H3,(H,46,50). The first-order chi connectivity index (χ1) is 25.7. The molecule has 8 rings (SSSR count). The molecule has 5 aromatic rings. The fourth-order valence-corrected chi connectivity index (χ4v) is 8.81.